The first kappa shape index (κ1) is 24.8. The molecule has 0 aromatic carbocycles. The van der Waals surface area contributed by atoms with E-state index in [1.165, 1.54) is 29.3 Å². The highest BCUT2D eigenvalue weighted by molar-refractivity contribution is 5.63. The molecule has 0 atom stereocenters. The van der Waals surface area contributed by atoms with Crippen LogP contribution in [-0.4, -0.2) is 34.7 Å². The van der Waals surface area contributed by atoms with Gasteiger partial charge in [0.25, 0.3) is 0 Å². The summed E-state index contributed by atoms with van der Waals surface area (Å²) in [6.07, 6.45) is 11.7. The molecule has 1 aliphatic rings. The van der Waals surface area contributed by atoms with Crippen molar-refractivity contribution in [2.75, 3.05) is 13.6 Å². The lowest BCUT2D eigenvalue weighted by molar-refractivity contribution is 0.153. The zero-order valence-electron chi connectivity index (χ0n) is 19.4. The van der Waals surface area contributed by atoms with Gasteiger partial charge in [-0.05, 0) is 57.1 Å². The maximum atomic E-state index is 6.48. The van der Waals surface area contributed by atoms with Crippen LogP contribution < -0.4 is 27.9 Å². The third kappa shape index (κ3) is 7.63. The fraction of sp³-hybridized carbons (Fsp3) is 0.609. The van der Waals surface area contributed by atoms with Gasteiger partial charge in [-0.2, -0.15) is 0 Å². The van der Waals surface area contributed by atoms with E-state index in [4.69, 9.17) is 32.9 Å². The number of allylic oxidation sites excluding steroid dienone is 1. The van der Waals surface area contributed by atoms with Crippen LogP contribution in [-0.2, 0) is 6.42 Å². The Morgan fingerprint density at radius 3 is 2.48 bits per heavy atom. The van der Waals surface area contributed by atoms with Crippen LogP contribution in [0, 0.1) is 0 Å². The Morgan fingerprint density at radius 1 is 1.16 bits per heavy atom. The first-order chi connectivity index (χ1) is 14.8. The summed E-state index contributed by atoms with van der Waals surface area (Å²) in [7, 11) is 1.74. The summed E-state index contributed by atoms with van der Waals surface area (Å²) in [6.45, 7) is 4.51. The van der Waals surface area contributed by atoms with E-state index >= 15 is 0 Å². The van der Waals surface area contributed by atoms with Gasteiger partial charge in [0, 0.05) is 18.9 Å². The van der Waals surface area contributed by atoms with Crippen molar-refractivity contribution in [1.29, 1.82) is 0 Å². The number of pyridine rings is 1. The number of hydrogen-bond acceptors (Lipinski definition) is 8. The van der Waals surface area contributed by atoms with Crippen LogP contribution in [0.4, 0.5) is 0 Å². The fourth-order valence-corrected chi connectivity index (χ4v) is 3.77. The maximum absolute atomic E-state index is 6.48. The van der Waals surface area contributed by atoms with Gasteiger partial charge in [0.05, 0.1) is 35.4 Å². The van der Waals surface area contributed by atoms with E-state index in [1.54, 1.807) is 13.2 Å². The molecule has 8 N–H and O–H groups in total. The molecule has 0 radical (unpaired) electrons. The highest BCUT2D eigenvalue weighted by Crippen LogP contribution is 2.27. The molecular weight excluding hydrogens is 390 g/mol. The van der Waals surface area contributed by atoms with Gasteiger partial charge in [-0.15, -0.1) is 0 Å². The van der Waals surface area contributed by atoms with Crippen molar-refractivity contribution in [1.82, 2.24) is 15.0 Å². The molecule has 1 aromatic rings. The number of likely N-dealkylation sites (N-methyl/N-ethyl adjacent to an activating group) is 1. The van der Waals surface area contributed by atoms with E-state index in [0.717, 1.165) is 55.7 Å². The van der Waals surface area contributed by atoms with Crippen molar-refractivity contribution in [3.63, 3.8) is 0 Å². The highest BCUT2D eigenvalue weighted by Gasteiger charge is 2.18. The van der Waals surface area contributed by atoms with Crippen LogP contribution in [0.2, 0.25) is 0 Å². The van der Waals surface area contributed by atoms with Gasteiger partial charge in [-0.3, -0.25) is 0 Å². The second-order valence-corrected chi connectivity index (χ2v) is 8.32. The molecule has 1 heterocycles. The second kappa shape index (κ2) is 12.4. The van der Waals surface area contributed by atoms with Crippen molar-refractivity contribution in [3.8, 4) is 5.75 Å². The van der Waals surface area contributed by atoms with E-state index in [9.17, 15) is 0 Å². The minimum Gasteiger partial charge on any atom is -0.489 e. The van der Waals surface area contributed by atoms with E-state index in [2.05, 4.69) is 13.8 Å². The van der Waals surface area contributed by atoms with Crippen molar-refractivity contribution in [2.45, 2.75) is 77.7 Å². The van der Waals surface area contributed by atoms with Gasteiger partial charge in [-0.1, -0.05) is 26.7 Å². The number of aryl methyl sites for hydroxylation is 1. The first-order valence-corrected chi connectivity index (χ1v) is 11.5. The van der Waals surface area contributed by atoms with Crippen LogP contribution >= 0.6 is 0 Å². The molecule has 2 rings (SSSR count). The Morgan fingerprint density at radius 2 is 1.87 bits per heavy atom. The maximum Gasteiger partial charge on any atom is 0.141 e. The van der Waals surface area contributed by atoms with Crippen LogP contribution in [0.5, 0.6) is 5.75 Å². The largest absolute Gasteiger partial charge is 0.489 e. The molecule has 8 heteroatoms. The normalized spacial score (nSPS) is 16.1. The molecule has 1 saturated carbocycles. The number of nitrogens with zero attached hydrogens (tertiary/aromatic N) is 3. The Hall–Kier alpha value is -2.45. The van der Waals surface area contributed by atoms with Gasteiger partial charge in [0.15, 0.2) is 0 Å². The number of unbranched alkanes of at least 4 members (excludes halogenated alkanes) is 1. The van der Waals surface area contributed by atoms with E-state index in [0.29, 0.717) is 23.6 Å². The standard InChI is InChI=1S/C23H41N7O/c1-4-6-10-17(24)15-30(27)16-21(29(3)26)23(25)20-13-14-22(19(5-2)28-20)31-18-11-8-7-9-12-18/h13-15,18H,4-12,16,24-27H2,1-3H3/b17-15-,23-21-. The van der Waals surface area contributed by atoms with E-state index < -0.39 is 0 Å². The van der Waals surface area contributed by atoms with Crippen molar-refractivity contribution in [2.24, 2.45) is 23.2 Å². The molecule has 31 heavy (non-hydrogen) atoms. The number of rotatable bonds is 11. The third-order valence-corrected chi connectivity index (χ3v) is 5.61. The molecule has 0 bridgehead atoms. The van der Waals surface area contributed by atoms with Gasteiger partial charge in [-0.25, -0.2) is 16.7 Å². The predicted octanol–water partition coefficient (Wildman–Crippen LogP) is 2.95. The number of hydrazine groups is 2. The molecule has 8 nitrogen and oxygen atoms in total. The zero-order valence-corrected chi connectivity index (χ0v) is 19.4. The molecule has 1 fully saturated rings. The van der Waals surface area contributed by atoms with E-state index in [-0.39, 0.29) is 6.10 Å². The number of nitrogens with two attached hydrogens (primary N) is 4. The quantitative estimate of drug-likeness (QED) is 0.310. The van der Waals surface area contributed by atoms with Gasteiger partial charge in [0.2, 0.25) is 0 Å². The molecular formula is C23H41N7O. The van der Waals surface area contributed by atoms with Gasteiger partial charge < -0.3 is 26.2 Å². The van der Waals surface area contributed by atoms with Crippen LogP contribution in [0.1, 0.15) is 76.6 Å². The Bertz CT molecular complexity index is 754. The Balaban J connectivity index is 2.21. The molecule has 1 aromatic heterocycles. The molecule has 0 aliphatic heterocycles. The van der Waals surface area contributed by atoms with Crippen LogP contribution in [0.25, 0.3) is 5.70 Å². The monoisotopic (exact) mass is 431 g/mol. The lowest BCUT2D eigenvalue weighted by Crippen LogP contribution is -2.38. The van der Waals surface area contributed by atoms with Crippen molar-refractivity contribution in [3.05, 3.63) is 41.1 Å². The van der Waals surface area contributed by atoms with Crippen molar-refractivity contribution >= 4 is 5.70 Å². The Kier molecular flexibility index (Phi) is 9.94. The topological polar surface area (TPSA) is 133 Å². The predicted molar refractivity (Wildman–Crippen MR) is 127 cm³/mol. The molecule has 1 aliphatic carbocycles. The summed E-state index contributed by atoms with van der Waals surface area (Å²) in [4.78, 5) is 4.78. The molecule has 0 spiro atoms. The number of aromatic nitrogens is 1. The summed E-state index contributed by atoms with van der Waals surface area (Å²) in [5, 5.41) is 2.99. The average Bonchev–Trinajstić information content (AvgIpc) is 2.76. The fourth-order valence-electron chi connectivity index (χ4n) is 3.77. The van der Waals surface area contributed by atoms with Crippen LogP contribution in [0.3, 0.4) is 0 Å². The molecule has 0 amide bonds. The summed E-state index contributed by atoms with van der Waals surface area (Å²) < 4.78 is 6.26. The first-order valence-electron chi connectivity index (χ1n) is 11.5. The summed E-state index contributed by atoms with van der Waals surface area (Å²) >= 11 is 0. The average molecular weight is 432 g/mol. The summed E-state index contributed by atoms with van der Waals surface area (Å²) in [5.41, 5.74) is 16.0. The van der Waals surface area contributed by atoms with Gasteiger partial charge >= 0.3 is 0 Å². The minimum absolute atomic E-state index is 0.279. The minimum atomic E-state index is 0.279. The van der Waals surface area contributed by atoms with E-state index in [1.807, 2.05) is 12.1 Å². The third-order valence-electron chi connectivity index (χ3n) is 5.61. The van der Waals surface area contributed by atoms with Crippen molar-refractivity contribution < 1.29 is 4.74 Å². The smallest absolute Gasteiger partial charge is 0.141 e. The van der Waals surface area contributed by atoms with Crippen LogP contribution in [0.15, 0.2) is 29.7 Å². The lowest BCUT2D eigenvalue weighted by Gasteiger charge is -2.25. The lowest BCUT2D eigenvalue weighted by atomic mass is 9.98. The summed E-state index contributed by atoms with van der Waals surface area (Å²) in [6, 6.07) is 3.86. The summed E-state index contributed by atoms with van der Waals surface area (Å²) in [5.74, 6) is 13.1. The number of ether oxygens (including phenoxy) is 1. The zero-order chi connectivity index (χ0) is 22.8. The second-order valence-electron chi connectivity index (χ2n) is 8.32. The molecule has 174 valence electrons. The molecule has 0 saturated heterocycles. The Labute approximate surface area is 187 Å². The highest BCUT2D eigenvalue weighted by atomic mass is 16.5. The van der Waals surface area contributed by atoms with Gasteiger partial charge in [0.1, 0.15) is 5.75 Å². The SMILES string of the molecule is CCCC/C(N)=C/N(N)C/C(=C(/N)c1ccc(OC2CCCCC2)c(CC)n1)N(C)N. The molecule has 0 unspecified atom stereocenters. The number of hydrogen-bond donors (Lipinski definition) is 4.